The molecule has 0 spiro atoms. The molecule has 0 saturated carbocycles. The molecule has 3 aromatic carbocycles. The molecule has 0 heterocycles. The smallest absolute Gasteiger partial charge is 0.269 e. The minimum Gasteiger partial charge on any atom is -0.340 e. The molecule has 1 atom stereocenters. The standard InChI is InChI=1S/C24H24N4O5S/c1-17(26-23(30)19-11-6-3-7-12-19)22(29)27-28-24(31)20-13-8-14-21(15-20)34(32,33)25-16-18-9-4-2-5-10-18/h2-15,17,25H,16H2,1H3,(H,26,30)(H,27,29)(H,28,31). The second-order valence-electron chi connectivity index (χ2n) is 7.34. The summed E-state index contributed by atoms with van der Waals surface area (Å²) in [5.74, 6) is -1.79. The number of sulfonamides is 1. The highest BCUT2D eigenvalue weighted by atomic mass is 32.2. The lowest BCUT2D eigenvalue weighted by Crippen LogP contribution is -2.51. The van der Waals surface area contributed by atoms with Crippen LogP contribution in [0.4, 0.5) is 0 Å². The monoisotopic (exact) mass is 480 g/mol. The van der Waals surface area contributed by atoms with Crippen LogP contribution in [0.25, 0.3) is 0 Å². The van der Waals surface area contributed by atoms with Gasteiger partial charge in [-0.15, -0.1) is 0 Å². The fraction of sp³-hybridized carbons (Fsp3) is 0.125. The summed E-state index contributed by atoms with van der Waals surface area (Å²) in [6, 6.07) is 21.9. The maximum atomic E-state index is 12.6. The summed E-state index contributed by atoms with van der Waals surface area (Å²) in [6.45, 7) is 1.57. The first-order valence-electron chi connectivity index (χ1n) is 10.4. The number of carbonyl (C=O) groups is 3. The Bertz CT molecular complexity index is 1260. The zero-order valence-electron chi connectivity index (χ0n) is 18.3. The van der Waals surface area contributed by atoms with Crippen molar-refractivity contribution in [2.45, 2.75) is 24.4 Å². The molecule has 9 nitrogen and oxygen atoms in total. The van der Waals surface area contributed by atoms with Gasteiger partial charge in [-0.1, -0.05) is 54.6 Å². The second-order valence-corrected chi connectivity index (χ2v) is 9.11. The first kappa shape index (κ1) is 24.6. The summed E-state index contributed by atoms with van der Waals surface area (Å²) in [5, 5.41) is 2.53. The van der Waals surface area contributed by atoms with Crippen molar-refractivity contribution in [2.75, 3.05) is 0 Å². The lowest BCUT2D eigenvalue weighted by atomic mass is 10.2. The molecule has 0 aromatic heterocycles. The van der Waals surface area contributed by atoms with Gasteiger partial charge in [-0.2, -0.15) is 0 Å². The van der Waals surface area contributed by atoms with Crippen LogP contribution in [0, 0.1) is 0 Å². The predicted molar refractivity (Wildman–Crippen MR) is 126 cm³/mol. The Morgan fingerprint density at radius 2 is 1.38 bits per heavy atom. The van der Waals surface area contributed by atoms with Gasteiger partial charge in [0.15, 0.2) is 0 Å². The van der Waals surface area contributed by atoms with E-state index in [0.717, 1.165) is 5.56 Å². The van der Waals surface area contributed by atoms with Crippen molar-refractivity contribution in [1.29, 1.82) is 0 Å². The van der Waals surface area contributed by atoms with Gasteiger partial charge in [-0.3, -0.25) is 25.2 Å². The Morgan fingerprint density at radius 3 is 2.06 bits per heavy atom. The highest BCUT2D eigenvalue weighted by Crippen LogP contribution is 2.12. The molecule has 3 rings (SSSR count). The molecule has 0 aliphatic heterocycles. The predicted octanol–water partition coefficient (Wildman–Crippen LogP) is 1.74. The number of hydrogen-bond acceptors (Lipinski definition) is 5. The molecule has 3 amide bonds. The van der Waals surface area contributed by atoms with E-state index in [9.17, 15) is 22.8 Å². The van der Waals surface area contributed by atoms with Gasteiger partial charge >= 0.3 is 0 Å². The van der Waals surface area contributed by atoms with Crippen LogP contribution in [0.3, 0.4) is 0 Å². The van der Waals surface area contributed by atoms with Crippen molar-refractivity contribution in [3.63, 3.8) is 0 Å². The number of rotatable bonds is 8. The van der Waals surface area contributed by atoms with Crippen molar-refractivity contribution in [1.82, 2.24) is 20.9 Å². The largest absolute Gasteiger partial charge is 0.340 e. The Kier molecular flexibility index (Phi) is 8.12. The summed E-state index contributed by atoms with van der Waals surface area (Å²) >= 11 is 0. The highest BCUT2D eigenvalue weighted by Gasteiger charge is 2.19. The topological polar surface area (TPSA) is 133 Å². The maximum absolute atomic E-state index is 12.6. The van der Waals surface area contributed by atoms with E-state index in [1.165, 1.54) is 31.2 Å². The Balaban J connectivity index is 1.56. The van der Waals surface area contributed by atoms with E-state index in [1.807, 2.05) is 6.07 Å². The molecule has 0 fully saturated rings. The van der Waals surface area contributed by atoms with Crippen LogP contribution < -0.4 is 20.9 Å². The zero-order chi connectivity index (χ0) is 24.6. The molecule has 3 aromatic rings. The lowest BCUT2D eigenvalue weighted by molar-refractivity contribution is -0.123. The SMILES string of the molecule is CC(NC(=O)c1ccccc1)C(=O)NNC(=O)c1cccc(S(=O)(=O)NCc2ccccc2)c1. The van der Waals surface area contributed by atoms with Crippen molar-refractivity contribution in [3.05, 3.63) is 102 Å². The molecule has 4 N–H and O–H groups in total. The van der Waals surface area contributed by atoms with Crippen LogP contribution in [0.15, 0.2) is 89.8 Å². The van der Waals surface area contributed by atoms with Gasteiger partial charge in [-0.25, -0.2) is 13.1 Å². The molecule has 34 heavy (non-hydrogen) atoms. The van der Waals surface area contributed by atoms with Gasteiger partial charge in [0, 0.05) is 17.7 Å². The van der Waals surface area contributed by atoms with Crippen LogP contribution in [-0.4, -0.2) is 32.2 Å². The van der Waals surface area contributed by atoms with E-state index >= 15 is 0 Å². The average Bonchev–Trinajstić information content (AvgIpc) is 2.87. The summed E-state index contributed by atoms with van der Waals surface area (Å²) in [6.07, 6.45) is 0. The molecule has 10 heteroatoms. The summed E-state index contributed by atoms with van der Waals surface area (Å²) < 4.78 is 27.7. The van der Waals surface area contributed by atoms with Crippen molar-refractivity contribution < 1.29 is 22.8 Å². The Labute approximate surface area is 197 Å². The van der Waals surface area contributed by atoms with Crippen LogP contribution in [0.5, 0.6) is 0 Å². The molecule has 176 valence electrons. The molecular formula is C24H24N4O5S. The van der Waals surface area contributed by atoms with Gasteiger partial charge in [0.05, 0.1) is 4.90 Å². The summed E-state index contributed by atoms with van der Waals surface area (Å²) in [5.41, 5.74) is 5.66. The fourth-order valence-electron chi connectivity index (χ4n) is 2.90. The third-order valence-corrected chi connectivity index (χ3v) is 6.19. The van der Waals surface area contributed by atoms with Gasteiger partial charge in [0.2, 0.25) is 10.0 Å². The number of benzene rings is 3. The molecule has 0 aliphatic carbocycles. The number of carbonyl (C=O) groups excluding carboxylic acids is 3. The third-order valence-electron chi connectivity index (χ3n) is 4.79. The van der Waals surface area contributed by atoms with E-state index in [1.54, 1.807) is 54.6 Å². The quantitative estimate of drug-likeness (QED) is 0.365. The number of amides is 3. The highest BCUT2D eigenvalue weighted by molar-refractivity contribution is 7.89. The van der Waals surface area contributed by atoms with Gasteiger partial charge < -0.3 is 5.32 Å². The normalized spacial score (nSPS) is 11.8. The maximum Gasteiger partial charge on any atom is 0.269 e. The van der Waals surface area contributed by atoms with Gasteiger partial charge in [0.25, 0.3) is 17.7 Å². The van der Waals surface area contributed by atoms with Crippen LogP contribution in [-0.2, 0) is 21.4 Å². The third kappa shape index (κ3) is 6.74. The first-order chi connectivity index (χ1) is 16.3. The van der Waals surface area contributed by atoms with E-state index in [2.05, 4.69) is 20.9 Å². The van der Waals surface area contributed by atoms with Crippen molar-refractivity contribution in [2.24, 2.45) is 0 Å². The summed E-state index contributed by atoms with van der Waals surface area (Å²) in [7, 11) is -3.86. The lowest BCUT2D eigenvalue weighted by Gasteiger charge is -2.15. The van der Waals surface area contributed by atoms with Gasteiger partial charge in [0.1, 0.15) is 6.04 Å². The molecular weight excluding hydrogens is 456 g/mol. The zero-order valence-corrected chi connectivity index (χ0v) is 19.1. The fourth-order valence-corrected chi connectivity index (χ4v) is 3.96. The van der Waals surface area contributed by atoms with E-state index in [0.29, 0.717) is 5.56 Å². The number of nitrogens with one attached hydrogen (secondary N) is 4. The van der Waals surface area contributed by atoms with Crippen LogP contribution >= 0.6 is 0 Å². The van der Waals surface area contributed by atoms with E-state index in [4.69, 9.17) is 0 Å². The van der Waals surface area contributed by atoms with Crippen LogP contribution in [0.1, 0.15) is 33.2 Å². The number of hydrazine groups is 1. The Hall–Kier alpha value is -4.02. The first-order valence-corrected chi connectivity index (χ1v) is 11.8. The summed E-state index contributed by atoms with van der Waals surface area (Å²) in [4.78, 5) is 36.8. The number of hydrogen-bond donors (Lipinski definition) is 4. The van der Waals surface area contributed by atoms with E-state index < -0.39 is 33.8 Å². The van der Waals surface area contributed by atoms with Crippen molar-refractivity contribution in [3.8, 4) is 0 Å². The molecule has 1 unspecified atom stereocenters. The molecule has 0 bridgehead atoms. The Morgan fingerprint density at radius 1 is 0.765 bits per heavy atom. The molecule has 0 aliphatic rings. The van der Waals surface area contributed by atoms with Gasteiger partial charge in [-0.05, 0) is 42.8 Å². The average molecular weight is 481 g/mol. The van der Waals surface area contributed by atoms with Crippen molar-refractivity contribution >= 4 is 27.7 Å². The molecule has 0 radical (unpaired) electrons. The minimum absolute atomic E-state index is 0.0314. The second kappa shape index (κ2) is 11.2. The molecule has 0 saturated heterocycles. The van der Waals surface area contributed by atoms with E-state index in [-0.39, 0.29) is 17.0 Å². The minimum atomic E-state index is -3.86. The van der Waals surface area contributed by atoms with Crippen LogP contribution in [0.2, 0.25) is 0 Å².